The summed E-state index contributed by atoms with van der Waals surface area (Å²) in [5, 5.41) is 54.4. The highest BCUT2D eigenvalue weighted by atomic mass is 16.7. The lowest BCUT2D eigenvalue weighted by Crippen LogP contribution is -2.60. The van der Waals surface area contributed by atoms with E-state index in [9.17, 15) is 30.3 Å². The fourth-order valence-electron chi connectivity index (χ4n) is 9.55. The number of allylic oxidation sites excluding steroid dienone is 13. The molecule has 9 heteroatoms. The molecule has 9 nitrogen and oxygen atoms in total. The minimum Gasteiger partial charge on any atom is -0.394 e. The van der Waals surface area contributed by atoms with Gasteiger partial charge >= 0.3 is 0 Å². The quantitative estimate of drug-likeness (QED) is 0.0261. The lowest BCUT2D eigenvalue weighted by Gasteiger charge is -2.40. The van der Waals surface area contributed by atoms with Crippen molar-refractivity contribution in [3.8, 4) is 0 Å². The van der Waals surface area contributed by atoms with E-state index in [0.29, 0.717) is 6.42 Å². The molecule has 0 saturated carbocycles. The topological polar surface area (TPSA) is 149 Å². The third-order valence-corrected chi connectivity index (χ3v) is 14.5. The number of carbonyl (C=O) groups is 1. The Morgan fingerprint density at radius 1 is 0.467 bits per heavy atom. The van der Waals surface area contributed by atoms with Crippen molar-refractivity contribution in [1.29, 1.82) is 0 Å². The number of nitrogens with one attached hydrogen (secondary N) is 1. The van der Waals surface area contributed by atoms with Crippen LogP contribution < -0.4 is 5.32 Å². The second kappa shape index (κ2) is 54.7. The maximum Gasteiger partial charge on any atom is 0.220 e. The summed E-state index contributed by atoms with van der Waals surface area (Å²) in [7, 11) is 0. The maximum absolute atomic E-state index is 13.0. The Balaban J connectivity index is 2.05. The van der Waals surface area contributed by atoms with Crippen molar-refractivity contribution >= 4 is 5.91 Å². The van der Waals surface area contributed by atoms with E-state index in [2.05, 4.69) is 92.1 Å². The number of aliphatic hydroxyl groups excluding tert-OH is 5. The Bertz CT molecular complexity index is 1450. The number of ether oxygens (including phenoxy) is 2. The molecule has 75 heavy (non-hydrogen) atoms. The summed E-state index contributed by atoms with van der Waals surface area (Å²) in [5.74, 6) is -0.186. The van der Waals surface area contributed by atoms with Crippen molar-refractivity contribution < 1.29 is 39.8 Å². The fourth-order valence-corrected chi connectivity index (χ4v) is 9.55. The molecule has 1 amide bonds. The summed E-state index contributed by atoms with van der Waals surface area (Å²) in [4.78, 5) is 13.0. The van der Waals surface area contributed by atoms with Crippen LogP contribution in [0.15, 0.2) is 85.1 Å². The molecule has 6 N–H and O–H groups in total. The zero-order chi connectivity index (χ0) is 54.3. The van der Waals surface area contributed by atoms with Gasteiger partial charge in [-0.15, -0.1) is 0 Å². The molecule has 7 atom stereocenters. The van der Waals surface area contributed by atoms with Crippen molar-refractivity contribution in [2.24, 2.45) is 0 Å². The van der Waals surface area contributed by atoms with Crippen molar-refractivity contribution in [3.05, 3.63) is 85.1 Å². The van der Waals surface area contributed by atoms with Crippen LogP contribution in [0.25, 0.3) is 0 Å². The van der Waals surface area contributed by atoms with Crippen LogP contribution in [-0.2, 0) is 14.3 Å². The van der Waals surface area contributed by atoms with E-state index in [1.807, 2.05) is 6.08 Å². The monoisotopic (exact) mass is 1050 g/mol. The number of rotatable bonds is 53. The van der Waals surface area contributed by atoms with Gasteiger partial charge in [0.1, 0.15) is 24.4 Å². The largest absolute Gasteiger partial charge is 0.394 e. The first-order valence-corrected chi connectivity index (χ1v) is 31.3. The molecule has 0 bridgehead atoms. The molecule has 1 heterocycles. The smallest absolute Gasteiger partial charge is 0.220 e. The molecule has 1 aliphatic rings. The predicted molar refractivity (Wildman–Crippen MR) is 318 cm³/mol. The average Bonchev–Trinajstić information content (AvgIpc) is 3.41. The molecular weight excluding hydrogens is 935 g/mol. The van der Waals surface area contributed by atoms with Crippen LogP contribution in [0, 0.1) is 0 Å². The third kappa shape index (κ3) is 44.0. The molecule has 1 fully saturated rings. The summed E-state index contributed by atoms with van der Waals surface area (Å²) >= 11 is 0. The van der Waals surface area contributed by atoms with E-state index >= 15 is 0 Å². The molecular formula is C66H117NO8. The number of unbranched alkanes of at least 4 members (excludes halogenated alkanes) is 31. The van der Waals surface area contributed by atoms with Gasteiger partial charge < -0.3 is 40.3 Å². The number of aliphatic hydroxyl groups is 5. The van der Waals surface area contributed by atoms with Gasteiger partial charge in [0.25, 0.3) is 0 Å². The van der Waals surface area contributed by atoms with E-state index in [4.69, 9.17) is 9.47 Å². The third-order valence-electron chi connectivity index (χ3n) is 14.5. The van der Waals surface area contributed by atoms with Gasteiger partial charge in [0.15, 0.2) is 6.29 Å². The Kier molecular flexibility index (Phi) is 51.3. The van der Waals surface area contributed by atoms with Crippen LogP contribution in [0.3, 0.4) is 0 Å². The van der Waals surface area contributed by atoms with Gasteiger partial charge in [-0.2, -0.15) is 0 Å². The SMILES string of the molecule is CC/C=C\C/C=C\C/C=C\C/C=C\C/C=C\CCCCCCCCCCCCCCCCCCCCCCCCCC(=O)NC(COC1OC(CO)C(O)C(O)C1O)C(O)/C=C/CC/C=C/CCCCCCCCC. The van der Waals surface area contributed by atoms with Crippen molar-refractivity contribution in [3.63, 3.8) is 0 Å². The van der Waals surface area contributed by atoms with Gasteiger partial charge in [-0.25, -0.2) is 0 Å². The summed E-state index contributed by atoms with van der Waals surface area (Å²) in [6.07, 6.45) is 71.2. The number of hydrogen-bond acceptors (Lipinski definition) is 8. The molecule has 0 aromatic carbocycles. The molecule has 7 unspecified atom stereocenters. The van der Waals surface area contributed by atoms with Crippen molar-refractivity contribution in [2.45, 2.75) is 314 Å². The lowest BCUT2D eigenvalue weighted by molar-refractivity contribution is -0.302. The van der Waals surface area contributed by atoms with Gasteiger partial charge in [0.05, 0.1) is 25.4 Å². The van der Waals surface area contributed by atoms with E-state index in [1.165, 1.54) is 180 Å². The summed E-state index contributed by atoms with van der Waals surface area (Å²) in [6, 6.07) is -0.822. The molecule has 434 valence electrons. The molecule has 0 aromatic heterocycles. The van der Waals surface area contributed by atoms with E-state index in [-0.39, 0.29) is 12.5 Å². The van der Waals surface area contributed by atoms with Gasteiger partial charge in [-0.3, -0.25) is 4.79 Å². The Hall–Kier alpha value is -2.63. The number of hydrogen-bond donors (Lipinski definition) is 6. The van der Waals surface area contributed by atoms with Crippen molar-refractivity contribution in [2.75, 3.05) is 13.2 Å². The number of carbonyl (C=O) groups excluding carboxylic acids is 1. The molecule has 1 saturated heterocycles. The van der Waals surface area contributed by atoms with Crippen LogP contribution in [0.2, 0.25) is 0 Å². The highest BCUT2D eigenvalue weighted by Crippen LogP contribution is 2.23. The first-order chi connectivity index (χ1) is 36.8. The fraction of sp³-hybridized carbons (Fsp3) is 0.773. The Morgan fingerprint density at radius 3 is 1.28 bits per heavy atom. The van der Waals surface area contributed by atoms with Gasteiger partial charge in [-0.05, 0) is 77.0 Å². The summed E-state index contributed by atoms with van der Waals surface area (Å²) in [5.41, 5.74) is 0. The van der Waals surface area contributed by atoms with Gasteiger partial charge in [0.2, 0.25) is 5.91 Å². The minimum atomic E-state index is -1.57. The normalized spacial score (nSPS) is 19.5. The number of amides is 1. The highest BCUT2D eigenvalue weighted by molar-refractivity contribution is 5.76. The first kappa shape index (κ1) is 70.4. The Labute approximate surface area is 461 Å². The molecule has 0 aromatic rings. The van der Waals surface area contributed by atoms with Gasteiger partial charge in [-0.1, -0.05) is 272 Å². The zero-order valence-electron chi connectivity index (χ0n) is 48.3. The van der Waals surface area contributed by atoms with Crippen molar-refractivity contribution in [1.82, 2.24) is 5.32 Å². The van der Waals surface area contributed by atoms with Crippen LogP contribution in [-0.4, -0.2) is 87.5 Å². The van der Waals surface area contributed by atoms with E-state index in [0.717, 1.165) is 70.6 Å². The highest BCUT2D eigenvalue weighted by Gasteiger charge is 2.44. The Morgan fingerprint density at radius 2 is 0.840 bits per heavy atom. The van der Waals surface area contributed by atoms with Gasteiger partial charge in [0, 0.05) is 6.42 Å². The second-order valence-electron chi connectivity index (χ2n) is 21.5. The summed E-state index contributed by atoms with van der Waals surface area (Å²) < 4.78 is 11.2. The molecule has 0 radical (unpaired) electrons. The molecule has 1 aliphatic heterocycles. The molecule has 0 aliphatic carbocycles. The maximum atomic E-state index is 13.0. The van der Waals surface area contributed by atoms with Crippen LogP contribution in [0.5, 0.6) is 0 Å². The van der Waals surface area contributed by atoms with Crippen LogP contribution >= 0.6 is 0 Å². The zero-order valence-corrected chi connectivity index (χ0v) is 48.3. The second-order valence-corrected chi connectivity index (χ2v) is 21.5. The minimum absolute atomic E-state index is 0.186. The lowest BCUT2D eigenvalue weighted by atomic mass is 9.99. The standard InChI is InChI=1S/C66H117NO8/c1-3-5-7-9-11-13-15-17-18-19-20-21-22-23-24-25-26-27-28-29-30-31-32-33-34-35-36-37-38-39-40-41-42-44-46-48-50-52-54-56-62(70)67-59(58-74-66-65(73)64(72)63(71)61(57-68)75-66)60(69)55-53-51-49-47-45-43-16-14-12-10-8-6-4-2/h5,7,11,13,17-18,20-21,23-24,45,47,53,55,59-61,63-66,68-69,71-73H,3-4,6,8-10,12,14-16,19,22,25-44,46,48-52,54,56-58H2,1-2H3,(H,67,70)/b7-5-,13-11-,18-17-,21-20-,24-23-,47-45+,55-53+. The first-order valence-electron chi connectivity index (χ1n) is 31.3. The predicted octanol–water partition coefficient (Wildman–Crippen LogP) is 16.2. The average molecular weight is 1050 g/mol. The van der Waals surface area contributed by atoms with Crippen LogP contribution in [0.4, 0.5) is 0 Å². The summed E-state index contributed by atoms with van der Waals surface area (Å²) in [6.45, 7) is 3.64. The molecule has 1 rings (SSSR count). The molecule has 0 spiro atoms. The van der Waals surface area contributed by atoms with Crippen LogP contribution in [0.1, 0.15) is 271 Å². The van der Waals surface area contributed by atoms with E-state index < -0.39 is 49.5 Å². The van der Waals surface area contributed by atoms with E-state index in [1.54, 1.807) is 6.08 Å².